The van der Waals surface area contributed by atoms with E-state index in [4.69, 9.17) is 9.47 Å². The molecule has 2 rings (SSSR count). The predicted octanol–water partition coefficient (Wildman–Crippen LogP) is 1.66. The Hall–Kier alpha value is -1.75. The number of hydrogen-bond acceptors (Lipinski definition) is 4. The Labute approximate surface area is 126 Å². The van der Waals surface area contributed by atoms with Gasteiger partial charge in [-0.25, -0.2) is 0 Å². The van der Waals surface area contributed by atoms with Gasteiger partial charge in [-0.05, 0) is 25.5 Å². The summed E-state index contributed by atoms with van der Waals surface area (Å²) in [6, 6.07) is 5.73. The predicted molar refractivity (Wildman–Crippen MR) is 81.6 cm³/mol. The summed E-state index contributed by atoms with van der Waals surface area (Å²) in [7, 11) is 5.08. The molecule has 1 N–H and O–H groups in total. The van der Waals surface area contributed by atoms with E-state index >= 15 is 0 Å². The smallest absolute Gasteiger partial charge is 0.227 e. The first-order valence-corrected chi connectivity index (χ1v) is 7.33. The molecule has 1 heterocycles. The van der Waals surface area contributed by atoms with Gasteiger partial charge in [0, 0.05) is 25.7 Å². The molecule has 0 aromatic heterocycles. The van der Waals surface area contributed by atoms with Crippen LogP contribution in [0, 0.1) is 5.92 Å². The van der Waals surface area contributed by atoms with Gasteiger partial charge in [-0.15, -0.1) is 0 Å². The minimum Gasteiger partial charge on any atom is -0.493 e. The second kappa shape index (κ2) is 7.31. The number of piperidine rings is 1. The monoisotopic (exact) mass is 292 g/mol. The summed E-state index contributed by atoms with van der Waals surface area (Å²) in [5, 5.41) is 3.28. The van der Waals surface area contributed by atoms with Crippen LogP contribution in [0.4, 0.5) is 0 Å². The van der Waals surface area contributed by atoms with Gasteiger partial charge in [0.15, 0.2) is 11.5 Å². The van der Waals surface area contributed by atoms with E-state index in [1.54, 1.807) is 19.1 Å². The van der Waals surface area contributed by atoms with Gasteiger partial charge in [-0.2, -0.15) is 0 Å². The maximum Gasteiger partial charge on any atom is 0.227 e. The molecule has 0 bridgehead atoms. The van der Waals surface area contributed by atoms with Crippen molar-refractivity contribution in [3.05, 3.63) is 23.8 Å². The number of amides is 1. The van der Waals surface area contributed by atoms with Gasteiger partial charge in [0.25, 0.3) is 0 Å². The molecule has 1 saturated heterocycles. The quantitative estimate of drug-likeness (QED) is 0.897. The summed E-state index contributed by atoms with van der Waals surface area (Å²) in [5.74, 6) is 1.66. The fourth-order valence-corrected chi connectivity index (χ4v) is 2.79. The molecule has 116 valence electrons. The minimum absolute atomic E-state index is 0.0837. The highest BCUT2D eigenvalue weighted by molar-refractivity contribution is 5.79. The summed E-state index contributed by atoms with van der Waals surface area (Å²) in [5.41, 5.74) is 0.955. The lowest BCUT2D eigenvalue weighted by atomic mass is 9.98. The SMILES string of the molecule is COc1cccc(CN(C)C(=O)C2CCCNC2)c1OC. The molecule has 0 aliphatic carbocycles. The number of ether oxygens (including phenoxy) is 2. The standard InChI is InChI=1S/C16H24N2O3/c1-18(16(19)12-7-5-9-17-10-12)11-13-6-4-8-14(20-2)15(13)21-3/h4,6,8,12,17H,5,7,9-11H2,1-3H3. The van der Waals surface area contributed by atoms with Crippen LogP contribution in [-0.2, 0) is 11.3 Å². The number of benzene rings is 1. The van der Waals surface area contributed by atoms with Crippen molar-refractivity contribution in [2.75, 3.05) is 34.4 Å². The third kappa shape index (κ3) is 3.67. The second-order valence-corrected chi connectivity index (χ2v) is 5.39. The van der Waals surface area contributed by atoms with Crippen molar-refractivity contribution in [2.45, 2.75) is 19.4 Å². The molecule has 1 fully saturated rings. The first-order valence-electron chi connectivity index (χ1n) is 7.33. The van der Waals surface area contributed by atoms with Crippen LogP contribution in [-0.4, -0.2) is 45.2 Å². The Kier molecular flexibility index (Phi) is 5.44. The lowest BCUT2D eigenvalue weighted by Crippen LogP contribution is -2.41. The summed E-state index contributed by atoms with van der Waals surface area (Å²) in [4.78, 5) is 14.2. The summed E-state index contributed by atoms with van der Waals surface area (Å²) in [6.45, 7) is 2.31. The maximum absolute atomic E-state index is 12.5. The van der Waals surface area contributed by atoms with Gasteiger partial charge in [0.1, 0.15) is 0 Å². The summed E-state index contributed by atoms with van der Waals surface area (Å²) in [6.07, 6.45) is 2.03. The molecule has 5 nitrogen and oxygen atoms in total. The summed E-state index contributed by atoms with van der Waals surface area (Å²) >= 11 is 0. The number of hydrogen-bond donors (Lipinski definition) is 1. The number of para-hydroxylation sites is 1. The van der Waals surface area contributed by atoms with Crippen LogP contribution in [0.5, 0.6) is 11.5 Å². The molecule has 1 amide bonds. The molecule has 1 aromatic rings. The molecular weight excluding hydrogens is 268 g/mol. The zero-order valence-electron chi connectivity index (χ0n) is 13.0. The molecular formula is C16H24N2O3. The van der Waals surface area contributed by atoms with E-state index in [0.717, 1.165) is 31.5 Å². The van der Waals surface area contributed by atoms with Gasteiger partial charge in [-0.3, -0.25) is 4.79 Å². The fourth-order valence-electron chi connectivity index (χ4n) is 2.79. The molecule has 0 radical (unpaired) electrons. The Morgan fingerprint density at radius 1 is 1.38 bits per heavy atom. The van der Waals surface area contributed by atoms with E-state index in [2.05, 4.69) is 5.32 Å². The van der Waals surface area contributed by atoms with E-state index in [-0.39, 0.29) is 11.8 Å². The van der Waals surface area contributed by atoms with Crippen molar-refractivity contribution >= 4 is 5.91 Å². The Morgan fingerprint density at radius 3 is 2.81 bits per heavy atom. The average Bonchev–Trinajstić information content (AvgIpc) is 2.54. The molecule has 0 spiro atoms. The van der Waals surface area contributed by atoms with E-state index in [0.29, 0.717) is 18.0 Å². The van der Waals surface area contributed by atoms with Gasteiger partial charge < -0.3 is 19.7 Å². The van der Waals surface area contributed by atoms with Crippen LogP contribution in [0.25, 0.3) is 0 Å². The third-order valence-corrected chi connectivity index (χ3v) is 3.91. The number of rotatable bonds is 5. The van der Waals surface area contributed by atoms with Crippen molar-refractivity contribution in [3.63, 3.8) is 0 Å². The average molecular weight is 292 g/mol. The first kappa shape index (κ1) is 15.6. The highest BCUT2D eigenvalue weighted by atomic mass is 16.5. The lowest BCUT2D eigenvalue weighted by molar-refractivity contribution is -0.135. The number of nitrogens with one attached hydrogen (secondary N) is 1. The van der Waals surface area contributed by atoms with Crippen molar-refractivity contribution < 1.29 is 14.3 Å². The van der Waals surface area contributed by atoms with Crippen LogP contribution in [0.15, 0.2) is 18.2 Å². The molecule has 1 aliphatic heterocycles. The number of carbonyl (C=O) groups excluding carboxylic acids is 1. The second-order valence-electron chi connectivity index (χ2n) is 5.39. The molecule has 0 saturated carbocycles. The van der Waals surface area contributed by atoms with E-state index < -0.39 is 0 Å². The molecule has 5 heteroatoms. The Bertz CT molecular complexity index is 484. The highest BCUT2D eigenvalue weighted by Crippen LogP contribution is 2.31. The van der Waals surface area contributed by atoms with Gasteiger partial charge in [0.05, 0.1) is 20.1 Å². The summed E-state index contributed by atoms with van der Waals surface area (Å²) < 4.78 is 10.7. The van der Waals surface area contributed by atoms with Crippen molar-refractivity contribution in [2.24, 2.45) is 5.92 Å². The van der Waals surface area contributed by atoms with Gasteiger partial charge >= 0.3 is 0 Å². The van der Waals surface area contributed by atoms with Crippen LogP contribution in [0.1, 0.15) is 18.4 Å². The molecule has 1 atom stereocenters. The van der Waals surface area contributed by atoms with Crippen LogP contribution >= 0.6 is 0 Å². The van der Waals surface area contributed by atoms with E-state index in [1.807, 2.05) is 25.2 Å². The third-order valence-electron chi connectivity index (χ3n) is 3.91. The molecule has 1 aromatic carbocycles. The topological polar surface area (TPSA) is 50.8 Å². The first-order chi connectivity index (χ1) is 10.2. The molecule has 1 unspecified atom stereocenters. The largest absolute Gasteiger partial charge is 0.493 e. The molecule has 1 aliphatic rings. The van der Waals surface area contributed by atoms with Gasteiger partial charge in [0.2, 0.25) is 5.91 Å². The van der Waals surface area contributed by atoms with Crippen molar-refractivity contribution in [1.82, 2.24) is 10.2 Å². The highest BCUT2D eigenvalue weighted by Gasteiger charge is 2.24. The Morgan fingerprint density at radius 2 is 2.19 bits per heavy atom. The van der Waals surface area contributed by atoms with Gasteiger partial charge in [-0.1, -0.05) is 12.1 Å². The van der Waals surface area contributed by atoms with Crippen LogP contribution in [0.2, 0.25) is 0 Å². The lowest BCUT2D eigenvalue weighted by Gasteiger charge is -2.27. The Balaban J connectivity index is 2.08. The number of nitrogens with zero attached hydrogens (tertiary/aromatic N) is 1. The van der Waals surface area contributed by atoms with Crippen molar-refractivity contribution in [1.29, 1.82) is 0 Å². The normalized spacial score (nSPS) is 18.1. The zero-order chi connectivity index (χ0) is 15.2. The van der Waals surface area contributed by atoms with Crippen molar-refractivity contribution in [3.8, 4) is 11.5 Å². The minimum atomic E-state index is 0.0837. The molecule has 21 heavy (non-hydrogen) atoms. The fraction of sp³-hybridized carbons (Fsp3) is 0.562. The van der Waals surface area contributed by atoms with Crippen LogP contribution < -0.4 is 14.8 Å². The van der Waals surface area contributed by atoms with E-state index in [1.165, 1.54) is 0 Å². The van der Waals surface area contributed by atoms with Crippen LogP contribution in [0.3, 0.4) is 0 Å². The zero-order valence-corrected chi connectivity index (χ0v) is 13.0. The maximum atomic E-state index is 12.5. The van der Waals surface area contributed by atoms with E-state index in [9.17, 15) is 4.79 Å². The number of carbonyl (C=O) groups is 1. The number of methoxy groups -OCH3 is 2.